The highest BCUT2D eigenvalue weighted by Crippen LogP contribution is 2.30. The first-order valence-corrected chi connectivity index (χ1v) is 10.3. The quantitative estimate of drug-likeness (QED) is 0.544. The summed E-state index contributed by atoms with van der Waals surface area (Å²) in [5.41, 5.74) is 2.89. The second-order valence-corrected chi connectivity index (χ2v) is 8.13. The van der Waals surface area contributed by atoms with Gasteiger partial charge in [0.2, 0.25) is 0 Å². The Bertz CT molecular complexity index is 1110. The number of fused-ring (bicyclic) bond motifs is 1. The third-order valence-corrected chi connectivity index (χ3v) is 6.33. The lowest BCUT2D eigenvalue weighted by atomic mass is 10.1. The molecule has 0 bridgehead atoms. The maximum atomic E-state index is 14.2. The fourth-order valence-corrected chi connectivity index (χ4v) is 4.71. The summed E-state index contributed by atoms with van der Waals surface area (Å²) in [5.74, 6) is -1.17. The normalized spacial score (nSPS) is 15.3. The van der Waals surface area contributed by atoms with Gasteiger partial charge in [-0.1, -0.05) is 23.5 Å². The molecule has 1 fully saturated rings. The average molecular weight is 411 g/mol. The number of halogens is 2. The summed E-state index contributed by atoms with van der Waals surface area (Å²) < 4.78 is 28.6. The number of thiazole rings is 1. The van der Waals surface area contributed by atoms with Crippen LogP contribution >= 0.6 is 11.3 Å². The highest BCUT2D eigenvalue weighted by Gasteiger charge is 2.22. The van der Waals surface area contributed by atoms with Gasteiger partial charge in [0.25, 0.3) is 0 Å². The molecule has 0 atom stereocenters. The minimum atomic E-state index is -0.587. The number of piperazine rings is 1. The molecule has 4 aromatic rings. The number of hydrogen-bond donors (Lipinski definition) is 1. The molecule has 0 aliphatic carbocycles. The summed E-state index contributed by atoms with van der Waals surface area (Å²) in [7, 11) is 0. The number of aromatic nitrogens is 3. The number of H-pyrrole nitrogens is 1. The van der Waals surface area contributed by atoms with Crippen molar-refractivity contribution in [2.45, 2.75) is 6.54 Å². The summed E-state index contributed by atoms with van der Waals surface area (Å²) in [6.07, 6.45) is 1.72. The van der Waals surface area contributed by atoms with E-state index in [1.807, 2.05) is 18.2 Å². The zero-order chi connectivity index (χ0) is 19.8. The van der Waals surface area contributed by atoms with Crippen LogP contribution in [0.25, 0.3) is 21.5 Å². The molecule has 8 heteroatoms. The number of benzene rings is 2. The fourth-order valence-electron chi connectivity index (χ4n) is 3.69. The topological polar surface area (TPSA) is 48.1 Å². The second kappa shape index (κ2) is 7.53. The van der Waals surface area contributed by atoms with Crippen molar-refractivity contribution in [3.05, 3.63) is 65.9 Å². The number of nitrogens with zero attached hydrogens (tertiary/aromatic N) is 4. The highest BCUT2D eigenvalue weighted by atomic mass is 32.1. The number of hydrogen-bond acceptors (Lipinski definition) is 5. The van der Waals surface area contributed by atoms with E-state index >= 15 is 0 Å². The molecule has 0 spiro atoms. The third kappa shape index (κ3) is 3.61. The van der Waals surface area contributed by atoms with E-state index in [-0.39, 0.29) is 0 Å². The summed E-state index contributed by atoms with van der Waals surface area (Å²) in [6, 6.07) is 11.8. The zero-order valence-corrected chi connectivity index (χ0v) is 16.4. The van der Waals surface area contributed by atoms with Gasteiger partial charge in [0, 0.05) is 49.9 Å². The van der Waals surface area contributed by atoms with Crippen LogP contribution in [0.3, 0.4) is 0 Å². The van der Waals surface area contributed by atoms with Crippen LogP contribution in [-0.4, -0.2) is 46.3 Å². The molecule has 0 unspecified atom stereocenters. The zero-order valence-electron chi connectivity index (χ0n) is 15.6. The molecule has 1 N–H and O–H groups in total. The molecule has 5 rings (SSSR count). The summed E-state index contributed by atoms with van der Waals surface area (Å²) in [6.45, 7) is 4.20. The second-order valence-electron chi connectivity index (χ2n) is 7.12. The van der Waals surface area contributed by atoms with Crippen LogP contribution in [0, 0.1) is 11.6 Å². The smallest absolute Gasteiger partial charge is 0.186 e. The molecule has 148 valence electrons. The van der Waals surface area contributed by atoms with Crippen molar-refractivity contribution < 1.29 is 8.78 Å². The van der Waals surface area contributed by atoms with Crippen molar-refractivity contribution in [1.29, 1.82) is 0 Å². The van der Waals surface area contributed by atoms with E-state index in [0.717, 1.165) is 48.5 Å². The highest BCUT2D eigenvalue weighted by molar-refractivity contribution is 7.22. The Morgan fingerprint density at radius 1 is 1.03 bits per heavy atom. The van der Waals surface area contributed by atoms with Gasteiger partial charge in [-0.05, 0) is 24.3 Å². The van der Waals surface area contributed by atoms with Gasteiger partial charge < -0.3 is 4.90 Å². The molecule has 2 aromatic carbocycles. The van der Waals surface area contributed by atoms with Gasteiger partial charge in [0.1, 0.15) is 11.6 Å². The SMILES string of the molecule is Fc1ccc(-c2[nH]ncc2CN2CCN(c3nc4ccccc4s3)CC2)c(F)c1. The summed E-state index contributed by atoms with van der Waals surface area (Å²) in [5, 5.41) is 8.01. The van der Waals surface area contributed by atoms with Gasteiger partial charge in [-0.25, -0.2) is 13.8 Å². The molecule has 2 aromatic heterocycles. The van der Waals surface area contributed by atoms with E-state index in [9.17, 15) is 8.78 Å². The Labute approximate surface area is 170 Å². The van der Waals surface area contributed by atoms with Crippen LogP contribution in [0.1, 0.15) is 5.56 Å². The van der Waals surface area contributed by atoms with E-state index in [1.54, 1.807) is 17.5 Å². The number of anilines is 1. The first-order chi connectivity index (χ1) is 14.2. The molecule has 1 saturated heterocycles. The van der Waals surface area contributed by atoms with E-state index in [4.69, 9.17) is 4.98 Å². The van der Waals surface area contributed by atoms with E-state index in [0.29, 0.717) is 17.8 Å². The first kappa shape index (κ1) is 18.2. The monoisotopic (exact) mass is 411 g/mol. The van der Waals surface area contributed by atoms with Crippen LogP contribution in [0.2, 0.25) is 0 Å². The minimum absolute atomic E-state index is 0.340. The lowest BCUT2D eigenvalue weighted by Gasteiger charge is -2.34. The van der Waals surface area contributed by atoms with Gasteiger partial charge in [0.15, 0.2) is 5.13 Å². The lowest BCUT2D eigenvalue weighted by molar-refractivity contribution is 0.250. The lowest BCUT2D eigenvalue weighted by Crippen LogP contribution is -2.45. The van der Waals surface area contributed by atoms with Crippen LogP contribution in [0.5, 0.6) is 0 Å². The molecule has 29 heavy (non-hydrogen) atoms. The standard InChI is InChI=1S/C21H19F2N5S/c22-15-5-6-16(17(23)11-15)20-14(12-24-26-20)13-27-7-9-28(10-8-27)21-25-18-3-1-2-4-19(18)29-21/h1-6,11-12H,7-10,13H2,(H,24,26). The summed E-state index contributed by atoms with van der Waals surface area (Å²) >= 11 is 1.72. The average Bonchev–Trinajstić information content (AvgIpc) is 3.35. The molecule has 3 heterocycles. The number of rotatable bonds is 4. The van der Waals surface area contributed by atoms with Crippen LogP contribution in [0.4, 0.5) is 13.9 Å². The van der Waals surface area contributed by atoms with E-state index < -0.39 is 11.6 Å². The Hall–Kier alpha value is -2.84. The van der Waals surface area contributed by atoms with E-state index in [2.05, 4.69) is 26.1 Å². The minimum Gasteiger partial charge on any atom is -0.345 e. The van der Waals surface area contributed by atoms with Crippen molar-refractivity contribution in [1.82, 2.24) is 20.1 Å². The predicted octanol–water partition coefficient (Wildman–Crippen LogP) is 4.29. The van der Waals surface area contributed by atoms with E-state index in [1.165, 1.54) is 16.8 Å². The Morgan fingerprint density at radius 3 is 2.66 bits per heavy atom. The van der Waals surface area contributed by atoms with Crippen molar-refractivity contribution in [3.8, 4) is 11.3 Å². The number of para-hydroxylation sites is 1. The first-order valence-electron chi connectivity index (χ1n) is 9.48. The van der Waals surface area contributed by atoms with Gasteiger partial charge in [-0.15, -0.1) is 0 Å². The third-order valence-electron chi connectivity index (χ3n) is 5.24. The van der Waals surface area contributed by atoms with Gasteiger partial charge >= 0.3 is 0 Å². The fraction of sp³-hybridized carbons (Fsp3) is 0.238. The van der Waals surface area contributed by atoms with Crippen molar-refractivity contribution in [3.63, 3.8) is 0 Å². The summed E-state index contributed by atoms with van der Waals surface area (Å²) in [4.78, 5) is 9.38. The maximum absolute atomic E-state index is 14.2. The molecule has 0 amide bonds. The van der Waals surface area contributed by atoms with Crippen LogP contribution in [0.15, 0.2) is 48.7 Å². The molecule has 0 saturated carbocycles. The molecule has 1 aliphatic rings. The number of nitrogens with one attached hydrogen (secondary N) is 1. The maximum Gasteiger partial charge on any atom is 0.186 e. The molecule has 5 nitrogen and oxygen atoms in total. The largest absolute Gasteiger partial charge is 0.345 e. The Morgan fingerprint density at radius 2 is 1.86 bits per heavy atom. The van der Waals surface area contributed by atoms with Gasteiger partial charge in [-0.3, -0.25) is 10.00 Å². The van der Waals surface area contributed by atoms with Crippen molar-refractivity contribution >= 4 is 26.7 Å². The number of aromatic amines is 1. The Kier molecular flexibility index (Phi) is 4.73. The van der Waals surface area contributed by atoms with Gasteiger partial charge in [-0.2, -0.15) is 5.10 Å². The molecular weight excluding hydrogens is 392 g/mol. The molecular formula is C21H19F2N5S. The molecule has 0 radical (unpaired) electrons. The predicted molar refractivity (Wildman–Crippen MR) is 111 cm³/mol. The molecule has 1 aliphatic heterocycles. The van der Waals surface area contributed by atoms with Crippen molar-refractivity contribution in [2.75, 3.05) is 31.1 Å². The van der Waals surface area contributed by atoms with Gasteiger partial charge in [0.05, 0.1) is 22.1 Å². The Balaban J connectivity index is 1.27. The van der Waals surface area contributed by atoms with Crippen molar-refractivity contribution in [2.24, 2.45) is 0 Å². The van der Waals surface area contributed by atoms with Crippen LogP contribution < -0.4 is 4.90 Å². The van der Waals surface area contributed by atoms with Crippen LogP contribution in [-0.2, 0) is 6.54 Å².